The summed E-state index contributed by atoms with van der Waals surface area (Å²) >= 11 is 3.83. The molecule has 23 aromatic carbocycles. The maximum atomic E-state index is 2.54. The minimum Gasteiger partial charge on any atom is -0.309 e. The summed E-state index contributed by atoms with van der Waals surface area (Å²) in [5, 5.41) is 32.4. The number of hydrogen-bond donors (Lipinski definition) is 0. The van der Waals surface area contributed by atoms with Gasteiger partial charge in [-0.15, -0.1) is 22.7 Å². The van der Waals surface area contributed by atoms with Gasteiger partial charge in [-0.2, -0.15) is 0 Å². The van der Waals surface area contributed by atoms with Crippen molar-refractivity contribution < 1.29 is 0 Å². The van der Waals surface area contributed by atoms with E-state index >= 15 is 0 Å². The van der Waals surface area contributed by atoms with E-state index < -0.39 is 0 Å². The first-order valence-corrected chi connectivity index (χ1v) is 43.4. The molecule has 0 aliphatic carbocycles. The van der Waals surface area contributed by atoms with Crippen LogP contribution in [0.4, 0.5) is 0 Å². The molecule has 0 amide bonds. The zero-order valence-corrected chi connectivity index (χ0v) is 67.2. The molecule has 558 valence electrons. The van der Waals surface area contributed by atoms with Crippen LogP contribution in [0.15, 0.2) is 419 Å². The fourth-order valence-corrected chi connectivity index (χ4v) is 23.2. The van der Waals surface area contributed by atoms with Crippen LogP contribution in [-0.4, -0.2) is 4.57 Å². The second-order valence-corrected chi connectivity index (χ2v) is 34.8. The Kier molecular flexibility index (Phi) is 15.0. The molecule has 3 heteroatoms. The van der Waals surface area contributed by atoms with Gasteiger partial charge in [0.25, 0.3) is 0 Å². The molecule has 0 saturated carbocycles. The number of rotatable bonds is 9. The summed E-state index contributed by atoms with van der Waals surface area (Å²) in [5.41, 5.74) is 22.7. The molecule has 26 aromatic rings. The Morgan fingerprint density at radius 2 is 0.413 bits per heavy atom. The van der Waals surface area contributed by atoms with Crippen molar-refractivity contribution in [2.24, 2.45) is 0 Å². The van der Waals surface area contributed by atoms with Gasteiger partial charge >= 0.3 is 0 Å². The Balaban J connectivity index is 0.726. The highest BCUT2D eigenvalue weighted by molar-refractivity contribution is 7.26. The molecular weight excluding hydrogens is 1500 g/mol. The molecule has 0 fully saturated rings. The van der Waals surface area contributed by atoms with Gasteiger partial charge in [-0.3, -0.25) is 0 Å². The highest BCUT2D eigenvalue weighted by Crippen LogP contribution is 2.53. The quantitative estimate of drug-likeness (QED) is 0.100. The van der Waals surface area contributed by atoms with Gasteiger partial charge in [0, 0.05) is 67.9 Å². The summed E-state index contributed by atoms with van der Waals surface area (Å²) in [6.07, 6.45) is 0. The van der Waals surface area contributed by atoms with Crippen LogP contribution in [-0.2, 0) is 0 Å². The largest absolute Gasteiger partial charge is 0.309 e. The molecule has 0 unspecified atom stereocenters. The molecule has 3 aromatic heterocycles. The molecule has 0 saturated heterocycles. The summed E-state index contributed by atoms with van der Waals surface area (Å²) in [6, 6.07) is 159. The van der Waals surface area contributed by atoms with E-state index in [2.05, 4.69) is 423 Å². The van der Waals surface area contributed by atoms with Crippen molar-refractivity contribution >= 4 is 193 Å². The SMILES string of the molecule is c1ccc(-c2c3ccccc3c(-c3ccc(-n4c5ccc(-c6cc(-c7cc8ccccc8c8ccccc78)cc7c6sc6ccc(-c8cc9ccccc9c9ccccc89)cc67)cc5c5cc(-c6cc(-c7cc8ccccc8c8ccccc78)cc7c6sc6ccc(-c8cc9ccccc9c9ccccc89)cc67)ccc54)cc3)c3ccccc23)cc1. The van der Waals surface area contributed by atoms with Crippen molar-refractivity contribution in [2.75, 3.05) is 0 Å². The van der Waals surface area contributed by atoms with Crippen LogP contribution in [0.3, 0.4) is 0 Å². The van der Waals surface area contributed by atoms with Crippen molar-refractivity contribution in [2.45, 2.75) is 0 Å². The van der Waals surface area contributed by atoms with Crippen LogP contribution in [0.1, 0.15) is 0 Å². The normalized spacial score (nSPS) is 12.1. The first-order chi connectivity index (χ1) is 60.0. The minimum atomic E-state index is 1.10. The molecule has 0 atom stereocenters. The van der Waals surface area contributed by atoms with E-state index in [0.717, 1.165) is 16.7 Å². The molecule has 3 heterocycles. The van der Waals surface area contributed by atoms with Crippen molar-refractivity contribution in [3.05, 3.63) is 419 Å². The molecule has 121 heavy (non-hydrogen) atoms. The number of hydrogen-bond acceptors (Lipinski definition) is 2. The van der Waals surface area contributed by atoms with Gasteiger partial charge in [0.15, 0.2) is 0 Å². The lowest BCUT2D eigenvalue weighted by molar-refractivity contribution is 1.18. The number of thiophene rings is 2. The van der Waals surface area contributed by atoms with E-state index in [1.54, 1.807) is 0 Å². The van der Waals surface area contributed by atoms with Crippen LogP contribution in [0, 0.1) is 0 Å². The molecule has 0 spiro atoms. The number of aromatic nitrogens is 1. The Morgan fingerprint density at radius 1 is 0.149 bits per heavy atom. The average Bonchev–Trinajstić information content (AvgIpc) is 1.51. The van der Waals surface area contributed by atoms with Crippen molar-refractivity contribution in [3.63, 3.8) is 0 Å². The zero-order valence-electron chi connectivity index (χ0n) is 65.6. The maximum absolute atomic E-state index is 2.54. The summed E-state index contributed by atoms with van der Waals surface area (Å²) in [4.78, 5) is 0. The van der Waals surface area contributed by atoms with E-state index in [9.17, 15) is 0 Å². The topological polar surface area (TPSA) is 4.93 Å². The van der Waals surface area contributed by atoms with Crippen LogP contribution < -0.4 is 0 Å². The molecule has 0 radical (unpaired) electrons. The number of nitrogens with zero attached hydrogens (tertiary/aromatic N) is 1. The molecule has 26 rings (SSSR count). The Hall–Kier alpha value is -15.1. The second-order valence-electron chi connectivity index (χ2n) is 32.7. The average molecular weight is 1560 g/mol. The third kappa shape index (κ3) is 10.5. The lowest BCUT2D eigenvalue weighted by Crippen LogP contribution is -1.95. The molecule has 0 aliphatic rings. The fourth-order valence-electron chi connectivity index (χ4n) is 20.8. The zero-order chi connectivity index (χ0) is 79.1. The first-order valence-electron chi connectivity index (χ1n) is 41.8. The summed E-state index contributed by atoms with van der Waals surface area (Å²) < 4.78 is 7.58. The highest BCUT2D eigenvalue weighted by atomic mass is 32.1. The molecule has 0 bridgehead atoms. The van der Waals surface area contributed by atoms with Gasteiger partial charge in [-0.1, -0.05) is 309 Å². The first kappa shape index (κ1) is 68.0. The summed E-state index contributed by atoms with van der Waals surface area (Å²) in [5.74, 6) is 0. The van der Waals surface area contributed by atoms with Crippen LogP contribution in [0.25, 0.3) is 265 Å². The molecule has 1 nitrogen and oxygen atoms in total. The van der Waals surface area contributed by atoms with E-state index in [1.807, 2.05) is 22.7 Å². The third-order valence-corrected chi connectivity index (χ3v) is 28.7. The summed E-state index contributed by atoms with van der Waals surface area (Å²) in [6.45, 7) is 0. The van der Waals surface area contributed by atoms with Gasteiger partial charge in [0.2, 0.25) is 0 Å². The van der Waals surface area contributed by atoms with Gasteiger partial charge < -0.3 is 4.57 Å². The van der Waals surface area contributed by atoms with Gasteiger partial charge in [-0.05, 0) is 295 Å². The van der Waals surface area contributed by atoms with Crippen LogP contribution in [0.5, 0.6) is 0 Å². The van der Waals surface area contributed by atoms with Gasteiger partial charge in [0.05, 0.1) is 11.0 Å². The molecular formula is C118H69NS2. The lowest BCUT2D eigenvalue weighted by atomic mass is 9.86. The fraction of sp³-hybridized carbons (Fsp3) is 0. The highest BCUT2D eigenvalue weighted by Gasteiger charge is 2.25. The van der Waals surface area contributed by atoms with E-state index in [0.29, 0.717) is 0 Å². The second kappa shape index (κ2) is 26.7. The van der Waals surface area contributed by atoms with E-state index in [1.165, 1.54) is 248 Å². The monoisotopic (exact) mass is 1560 g/mol. The molecule has 0 aliphatic heterocycles. The maximum Gasteiger partial charge on any atom is 0.0541 e. The Labute approximate surface area is 705 Å². The van der Waals surface area contributed by atoms with Crippen molar-refractivity contribution in [1.29, 1.82) is 0 Å². The van der Waals surface area contributed by atoms with Crippen LogP contribution in [0.2, 0.25) is 0 Å². The van der Waals surface area contributed by atoms with Crippen molar-refractivity contribution in [1.82, 2.24) is 4.57 Å². The smallest absolute Gasteiger partial charge is 0.0541 e. The lowest BCUT2D eigenvalue weighted by Gasteiger charge is -2.18. The predicted molar refractivity (Wildman–Crippen MR) is 525 cm³/mol. The Morgan fingerprint density at radius 3 is 0.777 bits per heavy atom. The number of benzene rings is 23. The predicted octanol–water partition coefficient (Wildman–Crippen LogP) is 34.4. The van der Waals surface area contributed by atoms with Gasteiger partial charge in [0.1, 0.15) is 0 Å². The van der Waals surface area contributed by atoms with Crippen LogP contribution >= 0.6 is 22.7 Å². The van der Waals surface area contributed by atoms with Gasteiger partial charge in [-0.25, -0.2) is 0 Å². The molecule has 0 N–H and O–H groups in total. The summed E-state index contributed by atoms with van der Waals surface area (Å²) in [7, 11) is 0. The standard InChI is InChI=1S/C118H69NS2/c1-2-24-70(25-3-1)115-95-42-20-22-44-97(95)116(98-45-23-21-43-96(98)115)71-46-52-82(53-47-71)119-111-54-48-78(103-66-80(101-60-74-28-6-10-32-85(74)89-36-14-18-40-93(89)101)68-109-107-64-76(50-56-113(107)120-117(103)109)99-58-72-26-4-8-30-83(72)87-34-12-16-38-91(87)99)62-105(111)106-63-79(49-55-112(106)119)104-67-81(102-61-75-29-7-11-33-86(75)90-37-15-19-41-94(90)102)69-110-108-65-77(51-57-114(108)121-118(104)110)100-59-73-27-5-9-31-84(73)88-35-13-17-39-92(88)100/h1-69H. The third-order valence-electron chi connectivity index (χ3n) is 26.3. The van der Waals surface area contributed by atoms with Crippen molar-refractivity contribution in [3.8, 4) is 94.7 Å². The Bertz CT molecular complexity index is 8490. The van der Waals surface area contributed by atoms with E-state index in [-0.39, 0.29) is 0 Å². The minimum absolute atomic E-state index is 1.10. The van der Waals surface area contributed by atoms with E-state index in [4.69, 9.17) is 0 Å². The number of fused-ring (bicyclic) bond motifs is 23.